The van der Waals surface area contributed by atoms with Gasteiger partial charge in [-0.05, 0) is 90.0 Å². The van der Waals surface area contributed by atoms with Crippen LogP contribution in [-0.2, 0) is 19.1 Å². The molecule has 0 spiro atoms. The molecule has 1 aromatic rings. The molecule has 1 aliphatic rings. The van der Waals surface area contributed by atoms with Crippen LogP contribution in [0, 0.1) is 5.41 Å². The van der Waals surface area contributed by atoms with Gasteiger partial charge in [-0.15, -0.1) is 0 Å². The Bertz CT molecular complexity index is 1020. The molecule has 1 aliphatic heterocycles. The van der Waals surface area contributed by atoms with Gasteiger partial charge in [-0.3, -0.25) is 9.59 Å². The largest absolute Gasteiger partial charge is 0.427 e. The van der Waals surface area contributed by atoms with E-state index >= 15 is 0 Å². The second kappa shape index (κ2) is 9.81. The highest BCUT2D eigenvalue weighted by molar-refractivity contribution is 8.11. The summed E-state index contributed by atoms with van der Waals surface area (Å²) < 4.78 is 12.0. The number of rotatable bonds is 6. The van der Waals surface area contributed by atoms with E-state index < -0.39 is 22.6 Å². The molecule has 0 unspecified atom stereocenters. The zero-order chi connectivity index (χ0) is 25.4. The Morgan fingerprint density at radius 1 is 1.12 bits per heavy atom. The first kappa shape index (κ1) is 27.4. The van der Waals surface area contributed by atoms with Crippen molar-refractivity contribution in [2.75, 3.05) is 0 Å². The Morgan fingerprint density at radius 3 is 2.15 bits per heavy atom. The number of halogens is 1. The molecule has 33 heavy (non-hydrogen) atoms. The highest BCUT2D eigenvalue weighted by atomic mass is 35.5. The number of esters is 1. The predicted octanol–water partition coefficient (Wildman–Crippen LogP) is 7.73. The SMILES string of the molecule is C=C(S/C(CC)=C(\C)C1=C(OC(=O)C(C)(C)C)C(C)(C)OC(C)(C)C1=O)c1ccc(Cl)cc1. The molecule has 4 nitrogen and oxygen atoms in total. The van der Waals surface area contributed by atoms with Crippen LogP contribution >= 0.6 is 23.4 Å². The Kier molecular flexibility index (Phi) is 8.15. The number of allylic oxidation sites excluding steroid dienone is 2. The maximum absolute atomic E-state index is 13.6. The molecule has 0 saturated heterocycles. The zero-order valence-electron chi connectivity index (χ0n) is 21.1. The second-order valence-electron chi connectivity index (χ2n) is 10.2. The lowest BCUT2D eigenvalue weighted by atomic mass is 9.82. The number of thioether (sulfide) groups is 1. The summed E-state index contributed by atoms with van der Waals surface area (Å²) >= 11 is 7.53. The summed E-state index contributed by atoms with van der Waals surface area (Å²) in [5, 5.41) is 0.659. The van der Waals surface area contributed by atoms with Crippen LogP contribution < -0.4 is 0 Å². The topological polar surface area (TPSA) is 52.6 Å². The van der Waals surface area contributed by atoms with Crippen molar-refractivity contribution in [3.63, 3.8) is 0 Å². The van der Waals surface area contributed by atoms with Crippen molar-refractivity contribution in [3.05, 3.63) is 63.2 Å². The van der Waals surface area contributed by atoms with Gasteiger partial charge in [0.1, 0.15) is 11.2 Å². The minimum absolute atomic E-state index is 0.209. The van der Waals surface area contributed by atoms with Gasteiger partial charge in [-0.1, -0.05) is 49.0 Å². The lowest BCUT2D eigenvalue weighted by Gasteiger charge is -2.42. The molecule has 0 N–H and O–H groups in total. The van der Waals surface area contributed by atoms with Crippen LogP contribution in [-0.4, -0.2) is 23.0 Å². The maximum atomic E-state index is 13.6. The zero-order valence-corrected chi connectivity index (χ0v) is 22.7. The van der Waals surface area contributed by atoms with Gasteiger partial charge in [0.15, 0.2) is 11.5 Å². The van der Waals surface area contributed by atoms with E-state index in [9.17, 15) is 9.59 Å². The molecule has 0 amide bonds. The van der Waals surface area contributed by atoms with E-state index in [0.717, 1.165) is 20.9 Å². The number of benzene rings is 1. The van der Waals surface area contributed by atoms with E-state index in [1.165, 1.54) is 11.8 Å². The lowest BCUT2D eigenvalue weighted by molar-refractivity contribution is -0.172. The third-order valence-electron chi connectivity index (χ3n) is 5.39. The second-order valence-corrected chi connectivity index (χ2v) is 11.9. The van der Waals surface area contributed by atoms with Crippen molar-refractivity contribution in [2.24, 2.45) is 5.41 Å². The van der Waals surface area contributed by atoms with Crippen LogP contribution in [0.4, 0.5) is 0 Å². The van der Waals surface area contributed by atoms with E-state index in [0.29, 0.717) is 17.0 Å². The summed E-state index contributed by atoms with van der Waals surface area (Å²) in [5.41, 5.74) is -0.631. The maximum Gasteiger partial charge on any atom is 0.316 e. The number of carbonyl (C=O) groups excluding carboxylic acids is 2. The van der Waals surface area contributed by atoms with Gasteiger partial charge in [0.25, 0.3) is 0 Å². The first-order valence-electron chi connectivity index (χ1n) is 11.1. The van der Waals surface area contributed by atoms with Crippen molar-refractivity contribution >= 4 is 40.0 Å². The fourth-order valence-electron chi connectivity index (χ4n) is 3.59. The number of carbonyl (C=O) groups is 2. The first-order valence-corrected chi connectivity index (χ1v) is 12.3. The molecule has 180 valence electrons. The molecule has 0 bridgehead atoms. The summed E-state index contributed by atoms with van der Waals surface area (Å²) in [6, 6.07) is 7.48. The number of hydrogen-bond donors (Lipinski definition) is 0. The fourth-order valence-corrected chi connectivity index (χ4v) is 4.67. The minimum Gasteiger partial charge on any atom is -0.427 e. The molecule has 0 radical (unpaired) electrons. The monoisotopic (exact) mass is 490 g/mol. The minimum atomic E-state index is -1.06. The standard InChI is InChI=1S/C27H35ClO4S/c1-11-20(33-17(3)18-12-14-19(28)15-13-18)16(2)21-22(29)26(7,8)32-27(9,10)23(21)31-24(30)25(4,5)6/h12-15H,3,11H2,1-2,4-10H3/b20-16+. The molecular weight excluding hydrogens is 456 g/mol. The van der Waals surface area contributed by atoms with Gasteiger partial charge in [0, 0.05) is 9.93 Å². The number of Topliss-reactive ketones (excluding diaryl/α,β-unsaturated/α-hetero) is 1. The van der Waals surface area contributed by atoms with Crippen LogP contribution in [0.25, 0.3) is 4.91 Å². The fraction of sp³-hybridized carbons (Fsp3) is 0.481. The lowest BCUT2D eigenvalue weighted by Crippen LogP contribution is -2.51. The van der Waals surface area contributed by atoms with E-state index in [1.807, 2.05) is 52.0 Å². The highest BCUT2D eigenvalue weighted by Gasteiger charge is 2.49. The van der Waals surface area contributed by atoms with Gasteiger partial charge in [0.2, 0.25) is 0 Å². The van der Waals surface area contributed by atoms with Crippen molar-refractivity contribution < 1.29 is 19.1 Å². The van der Waals surface area contributed by atoms with Gasteiger partial charge < -0.3 is 9.47 Å². The first-order chi connectivity index (χ1) is 15.0. The molecule has 6 heteroatoms. The number of hydrogen-bond acceptors (Lipinski definition) is 5. The molecule has 1 heterocycles. The smallest absolute Gasteiger partial charge is 0.316 e. The normalized spacial score (nSPS) is 18.7. The molecular formula is C27H35ClO4S. The number of ketones is 1. The van der Waals surface area contributed by atoms with E-state index in [-0.39, 0.29) is 11.5 Å². The highest BCUT2D eigenvalue weighted by Crippen LogP contribution is 2.44. The summed E-state index contributed by atoms with van der Waals surface area (Å²) in [5.74, 6) is -0.365. The van der Waals surface area contributed by atoms with Crippen molar-refractivity contribution in [2.45, 2.75) is 79.9 Å². The van der Waals surface area contributed by atoms with Crippen LogP contribution in [0.5, 0.6) is 0 Å². The third kappa shape index (κ3) is 6.20. The van der Waals surface area contributed by atoms with Gasteiger partial charge in [0.05, 0.1) is 11.0 Å². The van der Waals surface area contributed by atoms with E-state index in [2.05, 4.69) is 6.58 Å². The number of ether oxygens (including phenoxy) is 2. The molecule has 0 fully saturated rings. The van der Waals surface area contributed by atoms with E-state index in [1.54, 1.807) is 34.6 Å². The van der Waals surface area contributed by atoms with Gasteiger partial charge in [-0.2, -0.15) is 0 Å². The quantitative estimate of drug-likeness (QED) is 0.382. The Labute approximate surface area is 207 Å². The summed E-state index contributed by atoms with van der Waals surface area (Å²) in [7, 11) is 0. The van der Waals surface area contributed by atoms with Crippen molar-refractivity contribution in [1.29, 1.82) is 0 Å². The van der Waals surface area contributed by atoms with Crippen LogP contribution in [0.3, 0.4) is 0 Å². The van der Waals surface area contributed by atoms with E-state index in [4.69, 9.17) is 21.1 Å². The van der Waals surface area contributed by atoms with Crippen LogP contribution in [0.15, 0.2) is 52.7 Å². The van der Waals surface area contributed by atoms with Crippen molar-refractivity contribution in [1.82, 2.24) is 0 Å². The summed E-state index contributed by atoms with van der Waals surface area (Å²) in [4.78, 5) is 28.2. The molecule has 0 aliphatic carbocycles. The predicted molar refractivity (Wildman–Crippen MR) is 138 cm³/mol. The summed E-state index contributed by atoms with van der Waals surface area (Å²) in [6.45, 7) is 20.6. The van der Waals surface area contributed by atoms with Crippen LogP contribution in [0.1, 0.15) is 74.3 Å². The average molecular weight is 491 g/mol. The van der Waals surface area contributed by atoms with Crippen molar-refractivity contribution in [3.8, 4) is 0 Å². The van der Waals surface area contributed by atoms with Gasteiger partial charge >= 0.3 is 5.97 Å². The molecule has 1 aromatic carbocycles. The summed E-state index contributed by atoms with van der Waals surface area (Å²) in [6.07, 6.45) is 0.683. The molecule has 0 saturated carbocycles. The Morgan fingerprint density at radius 2 is 1.67 bits per heavy atom. The Hall–Kier alpha value is -1.82. The Balaban J connectivity index is 2.64. The average Bonchev–Trinajstić information content (AvgIpc) is 2.68. The third-order valence-corrected chi connectivity index (χ3v) is 6.97. The van der Waals surface area contributed by atoms with Gasteiger partial charge in [-0.25, -0.2) is 0 Å². The van der Waals surface area contributed by atoms with Crippen LogP contribution in [0.2, 0.25) is 5.02 Å². The molecule has 0 aromatic heterocycles. The molecule has 0 atom stereocenters. The molecule has 2 rings (SSSR count).